The molecule has 0 spiro atoms. The van der Waals surface area contributed by atoms with Crippen molar-refractivity contribution in [2.75, 3.05) is 0 Å². The summed E-state index contributed by atoms with van der Waals surface area (Å²) in [5.74, 6) is 0. The van der Waals surface area contributed by atoms with E-state index >= 15 is 0 Å². The molecule has 0 aliphatic heterocycles. The Morgan fingerprint density at radius 3 is 2.43 bits per heavy atom. The van der Waals surface area contributed by atoms with Crippen molar-refractivity contribution in [2.45, 2.75) is 12.8 Å². The molecule has 0 atom stereocenters. The maximum Gasteiger partial charge on any atom is 0.148 e. The van der Waals surface area contributed by atoms with Crippen molar-refractivity contribution in [1.29, 1.82) is 0 Å². The fourth-order valence-corrected chi connectivity index (χ4v) is 6.52. The molecule has 4 heterocycles. The number of nitrogens with zero attached hydrogens (tertiary/aromatic N) is 4. The highest BCUT2D eigenvalue weighted by Crippen LogP contribution is 2.49. The van der Waals surface area contributed by atoms with Crippen molar-refractivity contribution in [2.24, 2.45) is 0 Å². The second-order valence-electron chi connectivity index (χ2n) is 9.65. The van der Waals surface area contributed by atoms with E-state index in [-0.39, 0.29) is 0 Å². The topological polar surface area (TPSA) is 43.1 Å². The van der Waals surface area contributed by atoms with E-state index in [1.54, 1.807) is 0 Å². The lowest BCUT2D eigenvalue weighted by Crippen LogP contribution is -1.95. The van der Waals surface area contributed by atoms with E-state index in [4.69, 9.17) is 9.97 Å². The van der Waals surface area contributed by atoms with Crippen LogP contribution in [0.3, 0.4) is 0 Å². The summed E-state index contributed by atoms with van der Waals surface area (Å²) in [4.78, 5) is 14.6. The van der Waals surface area contributed by atoms with Gasteiger partial charge in [-0.3, -0.25) is 14.4 Å². The first-order chi connectivity index (χ1) is 17.4. The summed E-state index contributed by atoms with van der Waals surface area (Å²) in [6, 6.07) is 26.2. The molecule has 0 amide bonds. The van der Waals surface area contributed by atoms with Crippen LogP contribution >= 0.6 is 0 Å². The van der Waals surface area contributed by atoms with Crippen LogP contribution in [0, 0.1) is 0 Å². The molecule has 162 valence electrons. The van der Waals surface area contributed by atoms with Crippen molar-refractivity contribution in [3.05, 3.63) is 107 Å². The van der Waals surface area contributed by atoms with E-state index in [0.29, 0.717) is 0 Å². The van der Waals surface area contributed by atoms with Crippen LogP contribution < -0.4 is 0 Å². The van der Waals surface area contributed by atoms with Gasteiger partial charge >= 0.3 is 0 Å². The molecule has 2 aliphatic carbocycles. The van der Waals surface area contributed by atoms with Crippen LogP contribution in [0.15, 0.2) is 85.2 Å². The Kier molecular flexibility index (Phi) is 3.11. The Morgan fingerprint density at radius 2 is 1.46 bits per heavy atom. The van der Waals surface area contributed by atoms with Crippen LogP contribution in [0.25, 0.3) is 60.9 Å². The third-order valence-electron chi connectivity index (χ3n) is 7.91. The van der Waals surface area contributed by atoms with Gasteiger partial charge in [-0.1, -0.05) is 42.5 Å². The minimum Gasteiger partial charge on any atom is -0.289 e. The largest absolute Gasteiger partial charge is 0.289 e. The van der Waals surface area contributed by atoms with Crippen LogP contribution in [0.1, 0.15) is 22.3 Å². The fraction of sp³-hybridized carbons (Fsp3) is 0.0645. The molecule has 3 aromatic carbocycles. The Bertz CT molecular complexity index is 2070. The van der Waals surface area contributed by atoms with Crippen LogP contribution in [0.2, 0.25) is 0 Å². The number of benzene rings is 3. The Balaban J connectivity index is 1.47. The quantitative estimate of drug-likeness (QED) is 0.243. The van der Waals surface area contributed by atoms with Gasteiger partial charge in [0, 0.05) is 23.3 Å². The van der Waals surface area contributed by atoms with Crippen molar-refractivity contribution in [3.63, 3.8) is 0 Å². The Morgan fingerprint density at radius 1 is 0.629 bits per heavy atom. The van der Waals surface area contributed by atoms with Crippen molar-refractivity contribution in [3.8, 4) is 22.3 Å². The van der Waals surface area contributed by atoms with Gasteiger partial charge in [-0.2, -0.15) is 0 Å². The molecular formula is C31H18N4. The highest BCUT2D eigenvalue weighted by Gasteiger charge is 2.30. The zero-order chi connectivity index (χ0) is 22.7. The predicted molar refractivity (Wildman–Crippen MR) is 140 cm³/mol. The minimum absolute atomic E-state index is 0.900. The summed E-state index contributed by atoms with van der Waals surface area (Å²) in [6.07, 6.45) is 5.66. The van der Waals surface area contributed by atoms with Crippen LogP contribution in [-0.4, -0.2) is 19.4 Å². The molecule has 2 aliphatic rings. The van der Waals surface area contributed by atoms with E-state index in [0.717, 1.165) is 45.9 Å². The van der Waals surface area contributed by atoms with Crippen LogP contribution in [0.5, 0.6) is 0 Å². The molecule has 4 aromatic heterocycles. The van der Waals surface area contributed by atoms with Gasteiger partial charge in [-0.25, -0.2) is 4.98 Å². The van der Waals surface area contributed by atoms with Crippen molar-refractivity contribution in [1.82, 2.24) is 19.4 Å². The van der Waals surface area contributed by atoms with Gasteiger partial charge in [0.05, 0.1) is 16.6 Å². The van der Waals surface area contributed by atoms with Gasteiger partial charge in [0.1, 0.15) is 16.7 Å². The summed E-state index contributed by atoms with van der Waals surface area (Å²) in [5, 5.41) is 1.03. The summed E-state index contributed by atoms with van der Waals surface area (Å²) < 4.78 is 2.32. The molecular weight excluding hydrogens is 428 g/mol. The van der Waals surface area contributed by atoms with Crippen LogP contribution in [0.4, 0.5) is 0 Å². The summed E-state index contributed by atoms with van der Waals surface area (Å²) in [5.41, 5.74) is 17.2. The molecule has 0 fully saturated rings. The molecule has 4 heteroatoms. The number of rotatable bonds is 0. The van der Waals surface area contributed by atoms with E-state index < -0.39 is 0 Å². The average Bonchev–Trinajstić information content (AvgIpc) is 3.59. The molecule has 7 aromatic rings. The maximum absolute atomic E-state index is 5.15. The molecule has 0 saturated heterocycles. The van der Waals surface area contributed by atoms with E-state index in [2.05, 4.69) is 70.0 Å². The predicted octanol–water partition coefficient (Wildman–Crippen LogP) is 6.73. The highest BCUT2D eigenvalue weighted by atomic mass is 15.0. The van der Waals surface area contributed by atoms with Gasteiger partial charge in [0.2, 0.25) is 0 Å². The van der Waals surface area contributed by atoms with Gasteiger partial charge in [0.15, 0.2) is 0 Å². The molecule has 0 radical (unpaired) electrons. The summed E-state index contributed by atoms with van der Waals surface area (Å²) in [6.45, 7) is 0. The Labute approximate surface area is 200 Å². The van der Waals surface area contributed by atoms with Gasteiger partial charge in [-0.05, 0) is 82.1 Å². The summed E-state index contributed by atoms with van der Waals surface area (Å²) in [7, 11) is 0. The Hall–Kier alpha value is -4.57. The molecule has 9 rings (SSSR count). The first kappa shape index (κ1) is 17.8. The highest BCUT2D eigenvalue weighted by molar-refractivity contribution is 6.12. The first-order valence-corrected chi connectivity index (χ1v) is 12.1. The van der Waals surface area contributed by atoms with Crippen LogP contribution in [-0.2, 0) is 12.8 Å². The molecule has 0 bridgehead atoms. The zero-order valence-electron chi connectivity index (χ0n) is 18.8. The molecule has 0 N–H and O–H groups in total. The SMILES string of the molecule is c1ccc2c(c1)Cc1ccc3c(c1-2)Cc1ccc2nc4c5cccnc5c5ncccc5n4c2c1-3. The third-order valence-corrected chi connectivity index (χ3v) is 7.91. The average molecular weight is 447 g/mol. The lowest BCUT2D eigenvalue weighted by atomic mass is 9.95. The second kappa shape index (κ2) is 6.10. The maximum atomic E-state index is 5.15. The van der Waals surface area contributed by atoms with Crippen molar-refractivity contribution < 1.29 is 0 Å². The standard InChI is InChI=1S/C31H18N4/c1-2-6-20-17(5-1)15-18-9-11-21-23(26(18)20)16-19-10-12-24-30(27(19)21)35-25-8-4-14-33-29(25)28-22(31(35)34-24)7-3-13-32-28/h1-14H,15-16H2. The normalized spacial score (nSPS) is 13.5. The first-order valence-electron chi connectivity index (χ1n) is 12.1. The molecule has 4 nitrogen and oxygen atoms in total. The molecule has 35 heavy (non-hydrogen) atoms. The minimum atomic E-state index is 0.900. The zero-order valence-corrected chi connectivity index (χ0v) is 18.8. The van der Waals surface area contributed by atoms with Gasteiger partial charge in [0.25, 0.3) is 0 Å². The number of hydrogen-bond donors (Lipinski definition) is 0. The number of imidazole rings is 1. The number of fused-ring (bicyclic) bond motifs is 16. The molecule has 0 saturated carbocycles. The van der Waals surface area contributed by atoms with E-state index in [9.17, 15) is 0 Å². The van der Waals surface area contributed by atoms with Gasteiger partial charge < -0.3 is 0 Å². The smallest absolute Gasteiger partial charge is 0.148 e. The molecule has 0 unspecified atom stereocenters. The lowest BCUT2D eigenvalue weighted by Gasteiger charge is -2.11. The fourth-order valence-electron chi connectivity index (χ4n) is 6.52. The second-order valence-corrected chi connectivity index (χ2v) is 9.65. The van der Waals surface area contributed by atoms with E-state index in [1.165, 1.54) is 50.0 Å². The van der Waals surface area contributed by atoms with E-state index in [1.807, 2.05) is 24.5 Å². The monoisotopic (exact) mass is 446 g/mol. The number of aromatic nitrogens is 4. The number of pyridine rings is 3. The third kappa shape index (κ3) is 2.11. The number of hydrogen-bond acceptors (Lipinski definition) is 3. The van der Waals surface area contributed by atoms with Crippen molar-refractivity contribution >= 4 is 38.6 Å². The summed E-state index contributed by atoms with van der Waals surface area (Å²) >= 11 is 0. The van der Waals surface area contributed by atoms with Gasteiger partial charge in [-0.15, -0.1) is 0 Å². The lowest BCUT2D eigenvalue weighted by molar-refractivity contribution is 1.23.